The molecule has 1 N–H and O–H groups in total. The highest BCUT2D eigenvalue weighted by atomic mass is 32.2. The van der Waals surface area contributed by atoms with Gasteiger partial charge < -0.3 is 4.74 Å². The Balaban J connectivity index is 1.58. The minimum absolute atomic E-state index is 0.109. The van der Waals surface area contributed by atoms with Gasteiger partial charge >= 0.3 is 0 Å². The summed E-state index contributed by atoms with van der Waals surface area (Å²) in [5, 5.41) is 0. The van der Waals surface area contributed by atoms with Crippen LogP contribution in [0.3, 0.4) is 0 Å². The Labute approximate surface area is 162 Å². The predicted molar refractivity (Wildman–Crippen MR) is 108 cm³/mol. The van der Waals surface area contributed by atoms with E-state index in [1.54, 1.807) is 0 Å². The fraction of sp³-hybridized carbons (Fsp3) is 0.429. The second-order valence-corrected chi connectivity index (χ2v) is 8.82. The fourth-order valence-corrected chi connectivity index (χ4v) is 4.45. The lowest BCUT2D eigenvalue weighted by Crippen LogP contribution is -2.50. The Bertz CT molecular complexity index is 776. The van der Waals surface area contributed by atoms with Crippen molar-refractivity contribution in [1.29, 1.82) is 0 Å². The smallest absolute Gasteiger partial charge is 0.211 e. The summed E-state index contributed by atoms with van der Waals surface area (Å²) >= 11 is 0. The van der Waals surface area contributed by atoms with Crippen molar-refractivity contribution < 1.29 is 13.2 Å². The lowest BCUT2D eigenvalue weighted by atomic mass is 10.0. The molecule has 6 heteroatoms. The maximum atomic E-state index is 12.5. The molecule has 5 nitrogen and oxygen atoms in total. The standard InChI is InChI=1S/C21H28N2O3S/c24-27(25,16-11-19-7-3-1-4-8-19)22-18-21(23-12-14-26-15-13-23)17-20-9-5-2-6-10-20/h1-10,21-22H,11-18H2. The molecule has 0 spiro atoms. The lowest BCUT2D eigenvalue weighted by molar-refractivity contribution is 0.0177. The zero-order chi connectivity index (χ0) is 19.0. The largest absolute Gasteiger partial charge is 0.379 e. The summed E-state index contributed by atoms with van der Waals surface area (Å²) in [5.74, 6) is 0.109. The Hall–Kier alpha value is -1.73. The van der Waals surface area contributed by atoms with Crippen molar-refractivity contribution in [3.05, 3.63) is 71.8 Å². The number of benzene rings is 2. The molecule has 1 fully saturated rings. The normalized spacial score (nSPS) is 16.9. The lowest BCUT2D eigenvalue weighted by Gasteiger charge is -2.34. The maximum absolute atomic E-state index is 12.5. The molecule has 1 unspecified atom stereocenters. The van der Waals surface area contributed by atoms with Crippen LogP contribution in [-0.2, 0) is 27.6 Å². The van der Waals surface area contributed by atoms with Crippen molar-refractivity contribution in [2.45, 2.75) is 18.9 Å². The first-order chi connectivity index (χ1) is 13.1. The van der Waals surface area contributed by atoms with Gasteiger partial charge in [-0.25, -0.2) is 13.1 Å². The van der Waals surface area contributed by atoms with E-state index >= 15 is 0 Å². The molecule has 0 bridgehead atoms. The molecule has 0 saturated carbocycles. The van der Waals surface area contributed by atoms with Gasteiger partial charge in [0.05, 0.1) is 19.0 Å². The topological polar surface area (TPSA) is 58.6 Å². The third-order valence-corrected chi connectivity index (χ3v) is 6.27. The molecule has 27 heavy (non-hydrogen) atoms. The van der Waals surface area contributed by atoms with E-state index in [0.29, 0.717) is 26.2 Å². The third-order valence-electron chi connectivity index (χ3n) is 4.92. The van der Waals surface area contributed by atoms with E-state index in [0.717, 1.165) is 25.1 Å². The summed E-state index contributed by atoms with van der Waals surface area (Å²) in [6, 6.07) is 20.1. The van der Waals surface area contributed by atoms with Gasteiger partial charge in [-0.2, -0.15) is 0 Å². The molecule has 0 amide bonds. The summed E-state index contributed by atoms with van der Waals surface area (Å²) in [6.07, 6.45) is 1.35. The van der Waals surface area contributed by atoms with E-state index in [4.69, 9.17) is 4.74 Å². The minimum atomic E-state index is -3.31. The zero-order valence-corrected chi connectivity index (χ0v) is 16.4. The van der Waals surface area contributed by atoms with Crippen LogP contribution in [0.15, 0.2) is 60.7 Å². The van der Waals surface area contributed by atoms with E-state index in [-0.39, 0.29) is 11.8 Å². The van der Waals surface area contributed by atoms with Gasteiger partial charge in [-0.05, 0) is 24.0 Å². The van der Waals surface area contributed by atoms with Crippen molar-refractivity contribution in [2.75, 3.05) is 38.6 Å². The quantitative estimate of drug-likeness (QED) is 0.715. The summed E-state index contributed by atoms with van der Waals surface area (Å²) in [4.78, 5) is 2.33. The van der Waals surface area contributed by atoms with Gasteiger partial charge in [0.2, 0.25) is 10.0 Å². The van der Waals surface area contributed by atoms with Crippen LogP contribution < -0.4 is 4.72 Å². The highest BCUT2D eigenvalue weighted by molar-refractivity contribution is 7.89. The van der Waals surface area contributed by atoms with E-state index in [9.17, 15) is 8.42 Å². The third kappa shape index (κ3) is 6.74. The zero-order valence-electron chi connectivity index (χ0n) is 15.6. The number of sulfonamides is 1. The highest BCUT2D eigenvalue weighted by Crippen LogP contribution is 2.11. The number of aryl methyl sites for hydroxylation is 1. The van der Waals surface area contributed by atoms with Gasteiger partial charge in [-0.3, -0.25) is 4.90 Å². The molecule has 0 radical (unpaired) electrons. The minimum Gasteiger partial charge on any atom is -0.379 e. The molecule has 1 aliphatic rings. The second-order valence-electron chi connectivity index (χ2n) is 6.89. The van der Waals surface area contributed by atoms with E-state index < -0.39 is 10.0 Å². The van der Waals surface area contributed by atoms with Crippen molar-refractivity contribution >= 4 is 10.0 Å². The molecule has 3 rings (SSSR count). The van der Waals surface area contributed by atoms with Crippen LogP contribution >= 0.6 is 0 Å². The van der Waals surface area contributed by atoms with Gasteiger partial charge in [-0.15, -0.1) is 0 Å². The Morgan fingerprint density at radius 2 is 1.52 bits per heavy atom. The van der Waals surface area contributed by atoms with Crippen LogP contribution in [0.1, 0.15) is 11.1 Å². The Kier molecular flexibility index (Phi) is 7.41. The Morgan fingerprint density at radius 1 is 0.926 bits per heavy atom. The number of hydrogen-bond acceptors (Lipinski definition) is 4. The molecule has 146 valence electrons. The monoisotopic (exact) mass is 388 g/mol. The Morgan fingerprint density at radius 3 is 2.15 bits per heavy atom. The van der Waals surface area contributed by atoms with Crippen LogP contribution in [0.4, 0.5) is 0 Å². The van der Waals surface area contributed by atoms with Gasteiger partial charge in [0.15, 0.2) is 0 Å². The molecule has 2 aromatic rings. The average Bonchev–Trinajstić information content (AvgIpc) is 2.72. The summed E-state index contributed by atoms with van der Waals surface area (Å²) in [7, 11) is -3.31. The summed E-state index contributed by atoms with van der Waals surface area (Å²) < 4.78 is 33.3. The van der Waals surface area contributed by atoms with Gasteiger partial charge in [0.25, 0.3) is 0 Å². The van der Waals surface area contributed by atoms with Gasteiger partial charge in [0, 0.05) is 25.7 Å². The molecule has 0 aromatic heterocycles. The van der Waals surface area contributed by atoms with E-state index in [1.165, 1.54) is 5.56 Å². The molecular formula is C21H28N2O3S. The van der Waals surface area contributed by atoms with Crippen LogP contribution in [0.5, 0.6) is 0 Å². The van der Waals surface area contributed by atoms with E-state index in [1.807, 2.05) is 48.5 Å². The number of nitrogens with one attached hydrogen (secondary N) is 1. The number of morpholine rings is 1. The second kappa shape index (κ2) is 9.99. The number of ether oxygens (including phenoxy) is 1. The van der Waals surface area contributed by atoms with Crippen molar-refractivity contribution in [3.8, 4) is 0 Å². The van der Waals surface area contributed by atoms with Crippen molar-refractivity contribution in [2.24, 2.45) is 0 Å². The fourth-order valence-electron chi connectivity index (χ4n) is 3.35. The summed E-state index contributed by atoms with van der Waals surface area (Å²) in [6.45, 7) is 3.50. The predicted octanol–water partition coefficient (Wildman–Crippen LogP) is 2.09. The van der Waals surface area contributed by atoms with Crippen molar-refractivity contribution in [3.63, 3.8) is 0 Å². The SMILES string of the molecule is O=S(=O)(CCc1ccccc1)NCC(Cc1ccccc1)N1CCOCC1. The first kappa shape index (κ1) is 20.0. The average molecular weight is 389 g/mol. The van der Waals surface area contributed by atoms with Gasteiger partial charge in [0.1, 0.15) is 0 Å². The molecule has 1 heterocycles. The van der Waals surface area contributed by atoms with Gasteiger partial charge in [-0.1, -0.05) is 60.7 Å². The molecule has 1 atom stereocenters. The molecular weight excluding hydrogens is 360 g/mol. The molecule has 1 saturated heterocycles. The van der Waals surface area contributed by atoms with Crippen LogP contribution in [0.25, 0.3) is 0 Å². The van der Waals surface area contributed by atoms with Crippen LogP contribution in [-0.4, -0.2) is 58.0 Å². The molecule has 2 aromatic carbocycles. The van der Waals surface area contributed by atoms with Crippen LogP contribution in [0, 0.1) is 0 Å². The van der Waals surface area contributed by atoms with Crippen molar-refractivity contribution in [1.82, 2.24) is 9.62 Å². The number of hydrogen-bond donors (Lipinski definition) is 1. The maximum Gasteiger partial charge on any atom is 0.211 e. The first-order valence-electron chi connectivity index (χ1n) is 9.49. The van der Waals surface area contributed by atoms with E-state index in [2.05, 4.69) is 21.8 Å². The highest BCUT2D eigenvalue weighted by Gasteiger charge is 2.23. The first-order valence-corrected chi connectivity index (χ1v) is 11.1. The molecule has 0 aliphatic carbocycles. The summed E-state index contributed by atoms with van der Waals surface area (Å²) in [5.41, 5.74) is 2.26. The number of rotatable bonds is 9. The molecule has 1 aliphatic heterocycles. The van der Waals surface area contributed by atoms with Crippen LogP contribution in [0.2, 0.25) is 0 Å². The number of nitrogens with zero attached hydrogens (tertiary/aromatic N) is 1.